The van der Waals surface area contributed by atoms with Gasteiger partial charge in [0.05, 0.1) is 0 Å². The molecule has 0 amide bonds. The summed E-state index contributed by atoms with van der Waals surface area (Å²) in [6.45, 7) is 8.19. The van der Waals surface area contributed by atoms with E-state index in [1.165, 1.54) is 19.5 Å². The molecule has 2 heterocycles. The summed E-state index contributed by atoms with van der Waals surface area (Å²) in [5.74, 6) is 2.47. The number of hydrogen-bond donors (Lipinski definition) is 1. The molecule has 0 aromatic carbocycles. The van der Waals surface area contributed by atoms with Gasteiger partial charge in [0.15, 0.2) is 0 Å². The SMILES string of the molecule is CC(C)C(CS)CN1CCc2sccc2C1. The molecule has 1 aromatic rings. The highest BCUT2D eigenvalue weighted by molar-refractivity contribution is 7.80. The Hall–Kier alpha value is 0.0100. The van der Waals surface area contributed by atoms with Gasteiger partial charge in [-0.05, 0) is 41.0 Å². The van der Waals surface area contributed by atoms with Crippen LogP contribution in [0.4, 0.5) is 0 Å². The number of fused-ring (bicyclic) bond motifs is 1. The van der Waals surface area contributed by atoms with E-state index in [-0.39, 0.29) is 0 Å². The number of nitrogens with zero attached hydrogens (tertiary/aromatic N) is 1. The second-order valence-electron chi connectivity index (χ2n) is 5.04. The first-order valence-electron chi connectivity index (χ1n) is 6.09. The Labute approximate surface area is 108 Å². The van der Waals surface area contributed by atoms with E-state index in [9.17, 15) is 0 Å². The molecule has 0 spiro atoms. The van der Waals surface area contributed by atoms with Gasteiger partial charge in [0.2, 0.25) is 0 Å². The molecule has 2 rings (SSSR count). The average Bonchev–Trinajstić information content (AvgIpc) is 2.72. The van der Waals surface area contributed by atoms with Crippen LogP contribution in [0.25, 0.3) is 0 Å². The highest BCUT2D eigenvalue weighted by atomic mass is 32.1. The Morgan fingerprint density at radius 3 is 3.00 bits per heavy atom. The van der Waals surface area contributed by atoms with E-state index in [1.807, 2.05) is 11.3 Å². The molecule has 0 aliphatic carbocycles. The maximum absolute atomic E-state index is 4.47. The van der Waals surface area contributed by atoms with Crippen LogP contribution in [0.15, 0.2) is 11.4 Å². The minimum Gasteiger partial charge on any atom is -0.298 e. The molecule has 1 nitrogen and oxygen atoms in total. The molecule has 0 radical (unpaired) electrons. The lowest BCUT2D eigenvalue weighted by atomic mass is 9.96. The van der Waals surface area contributed by atoms with Gasteiger partial charge in [-0.3, -0.25) is 4.90 Å². The maximum atomic E-state index is 4.47. The summed E-state index contributed by atoms with van der Waals surface area (Å²) >= 11 is 6.39. The van der Waals surface area contributed by atoms with Crippen LogP contribution in [-0.2, 0) is 13.0 Å². The highest BCUT2D eigenvalue weighted by Crippen LogP contribution is 2.25. The van der Waals surface area contributed by atoms with Crippen LogP contribution >= 0.6 is 24.0 Å². The summed E-state index contributed by atoms with van der Waals surface area (Å²) in [7, 11) is 0. The minimum atomic E-state index is 0.725. The van der Waals surface area contributed by atoms with Gasteiger partial charge in [-0.25, -0.2) is 0 Å². The zero-order valence-corrected chi connectivity index (χ0v) is 11.9. The van der Waals surface area contributed by atoms with Crippen molar-refractivity contribution in [1.29, 1.82) is 0 Å². The van der Waals surface area contributed by atoms with Gasteiger partial charge < -0.3 is 0 Å². The Morgan fingerprint density at radius 1 is 1.50 bits per heavy atom. The van der Waals surface area contributed by atoms with Crippen molar-refractivity contribution >= 4 is 24.0 Å². The molecule has 1 aromatic heterocycles. The van der Waals surface area contributed by atoms with Crippen LogP contribution in [0.1, 0.15) is 24.3 Å². The first-order valence-corrected chi connectivity index (χ1v) is 7.60. The maximum Gasteiger partial charge on any atom is 0.0245 e. The highest BCUT2D eigenvalue weighted by Gasteiger charge is 2.21. The van der Waals surface area contributed by atoms with Gasteiger partial charge in [-0.15, -0.1) is 11.3 Å². The van der Waals surface area contributed by atoms with E-state index in [2.05, 4.69) is 42.8 Å². The molecule has 3 heteroatoms. The van der Waals surface area contributed by atoms with Crippen molar-refractivity contribution < 1.29 is 0 Å². The fraction of sp³-hybridized carbons (Fsp3) is 0.692. The first-order chi connectivity index (χ1) is 7.70. The van der Waals surface area contributed by atoms with Crippen LogP contribution < -0.4 is 0 Å². The number of thiol groups is 1. The molecule has 0 N–H and O–H groups in total. The molecule has 0 saturated carbocycles. The molecule has 0 fully saturated rings. The zero-order valence-electron chi connectivity index (χ0n) is 10.1. The Balaban J connectivity index is 1.93. The molecule has 0 bridgehead atoms. The zero-order chi connectivity index (χ0) is 11.5. The quantitative estimate of drug-likeness (QED) is 0.808. The summed E-state index contributed by atoms with van der Waals surface area (Å²) in [4.78, 5) is 4.19. The third-order valence-corrected chi connectivity index (χ3v) is 5.05. The van der Waals surface area contributed by atoms with E-state index < -0.39 is 0 Å². The van der Waals surface area contributed by atoms with E-state index >= 15 is 0 Å². The lowest BCUT2D eigenvalue weighted by Gasteiger charge is -2.31. The largest absolute Gasteiger partial charge is 0.298 e. The normalized spacial score (nSPS) is 18.8. The van der Waals surface area contributed by atoms with Crippen LogP contribution in [0.3, 0.4) is 0 Å². The van der Waals surface area contributed by atoms with Gasteiger partial charge in [-0.1, -0.05) is 13.8 Å². The van der Waals surface area contributed by atoms with Gasteiger partial charge in [0, 0.05) is 24.5 Å². The third-order valence-electron chi connectivity index (χ3n) is 3.56. The second-order valence-corrected chi connectivity index (χ2v) is 6.41. The van der Waals surface area contributed by atoms with Gasteiger partial charge in [0.25, 0.3) is 0 Å². The molecule has 1 aliphatic heterocycles. The van der Waals surface area contributed by atoms with E-state index in [1.54, 1.807) is 10.4 Å². The van der Waals surface area contributed by atoms with E-state index in [4.69, 9.17) is 0 Å². The number of thiophene rings is 1. The second kappa shape index (κ2) is 5.56. The molecule has 1 unspecified atom stereocenters. The lowest BCUT2D eigenvalue weighted by molar-refractivity contribution is 0.200. The Bertz CT molecular complexity index is 332. The van der Waals surface area contributed by atoms with Crippen molar-refractivity contribution in [2.24, 2.45) is 11.8 Å². The summed E-state index contributed by atoms with van der Waals surface area (Å²) in [5.41, 5.74) is 1.55. The van der Waals surface area contributed by atoms with Crippen molar-refractivity contribution in [3.63, 3.8) is 0 Å². The molecule has 90 valence electrons. The molecular weight excluding hydrogens is 234 g/mol. The van der Waals surface area contributed by atoms with Crippen molar-refractivity contribution in [2.75, 3.05) is 18.8 Å². The first kappa shape index (κ1) is 12.5. The average molecular weight is 255 g/mol. The van der Waals surface area contributed by atoms with Crippen molar-refractivity contribution in [1.82, 2.24) is 4.90 Å². The van der Waals surface area contributed by atoms with E-state index in [0.717, 1.165) is 24.1 Å². The fourth-order valence-corrected chi connectivity index (χ4v) is 3.70. The molecular formula is C13H21NS2. The molecule has 16 heavy (non-hydrogen) atoms. The van der Waals surface area contributed by atoms with Gasteiger partial charge in [0.1, 0.15) is 0 Å². The topological polar surface area (TPSA) is 3.24 Å². The smallest absolute Gasteiger partial charge is 0.0245 e. The predicted molar refractivity (Wildman–Crippen MR) is 75.5 cm³/mol. The summed E-state index contributed by atoms with van der Waals surface area (Å²) in [6, 6.07) is 2.29. The van der Waals surface area contributed by atoms with Crippen molar-refractivity contribution in [3.8, 4) is 0 Å². The van der Waals surface area contributed by atoms with Crippen LogP contribution in [-0.4, -0.2) is 23.7 Å². The monoisotopic (exact) mass is 255 g/mol. The predicted octanol–water partition coefficient (Wildman–Crippen LogP) is 3.31. The van der Waals surface area contributed by atoms with Crippen LogP contribution in [0.5, 0.6) is 0 Å². The van der Waals surface area contributed by atoms with Crippen molar-refractivity contribution in [3.05, 3.63) is 21.9 Å². The molecule has 1 aliphatic rings. The number of hydrogen-bond acceptors (Lipinski definition) is 3. The minimum absolute atomic E-state index is 0.725. The summed E-state index contributed by atoms with van der Waals surface area (Å²) < 4.78 is 0. The standard InChI is InChI=1S/C13H21NS2/c1-10(2)12(9-15)8-14-5-3-13-11(7-14)4-6-16-13/h4,6,10,12,15H,3,5,7-9H2,1-2H3. The lowest BCUT2D eigenvalue weighted by Crippen LogP contribution is -2.36. The number of rotatable bonds is 4. The molecule has 0 saturated heterocycles. The molecule has 1 atom stereocenters. The van der Waals surface area contributed by atoms with Crippen LogP contribution in [0, 0.1) is 11.8 Å². The summed E-state index contributed by atoms with van der Waals surface area (Å²) in [6.07, 6.45) is 1.24. The Morgan fingerprint density at radius 2 is 2.31 bits per heavy atom. The third kappa shape index (κ3) is 2.82. The van der Waals surface area contributed by atoms with E-state index in [0.29, 0.717) is 0 Å². The van der Waals surface area contributed by atoms with Crippen LogP contribution in [0.2, 0.25) is 0 Å². The van der Waals surface area contributed by atoms with Gasteiger partial charge >= 0.3 is 0 Å². The fourth-order valence-electron chi connectivity index (χ4n) is 2.27. The van der Waals surface area contributed by atoms with Gasteiger partial charge in [-0.2, -0.15) is 12.6 Å². The summed E-state index contributed by atoms with van der Waals surface area (Å²) in [5, 5.41) is 2.23. The van der Waals surface area contributed by atoms with Crippen molar-refractivity contribution in [2.45, 2.75) is 26.8 Å². The Kier molecular flexibility index (Phi) is 4.34.